The van der Waals surface area contributed by atoms with Crippen LogP contribution in [0.5, 0.6) is 0 Å². The van der Waals surface area contributed by atoms with E-state index in [-0.39, 0.29) is 11.9 Å². The van der Waals surface area contributed by atoms with Crippen LogP contribution >= 0.6 is 11.6 Å². The molecule has 0 saturated heterocycles. The molecule has 1 aliphatic carbocycles. The van der Waals surface area contributed by atoms with Gasteiger partial charge in [0, 0.05) is 6.54 Å². The minimum absolute atomic E-state index is 0.126. The van der Waals surface area contributed by atoms with Crippen LogP contribution in [-0.2, 0) is 4.79 Å². The molecule has 0 bridgehead atoms. The Morgan fingerprint density at radius 1 is 1.50 bits per heavy atom. The van der Waals surface area contributed by atoms with Crippen LogP contribution in [0.4, 0.5) is 13.2 Å². The first-order chi connectivity index (χ1) is 6.38. The van der Waals surface area contributed by atoms with Crippen molar-refractivity contribution in [3.05, 3.63) is 0 Å². The first-order valence-corrected chi connectivity index (χ1v) is 4.79. The van der Waals surface area contributed by atoms with Crippen molar-refractivity contribution in [1.29, 1.82) is 0 Å². The Hall–Kier alpha value is -0.450. The molecule has 1 amide bonds. The van der Waals surface area contributed by atoms with Gasteiger partial charge in [-0.2, -0.15) is 13.2 Å². The topological polar surface area (TPSA) is 29.1 Å². The number of hydrogen-bond acceptors (Lipinski definition) is 1. The van der Waals surface area contributed by atoms with Crippen LogP contribution in [-0.4, -0.2) is 24.0 Å². The number of nitrogens with one attached hydrogen (secondary N) is 1. The Bertz CT molecular complexity index is 215. The highest BCUT2D eigenvalue weighted by Crippen LogP contribution is 2.35. The molecule has 1 N–H and O–H groups in total. The molecular formula is C8H11ClF3NO. The van der Waals surface area contributed by atoms with E-state index in [1.165, 1.54) is 0 Å². The number of carbonyl (C=O) groups is 1. The first kappa shape index (κ1) is 11.6. The highest BCUT2D eigenvalue weighted by molar-refractivity contribution is 6.21. The van der Waals surface area contributed by atoms with E-state index in [0.717, 1.165) is 12.8 Å². The maximum absolute atomic E-state index is 11.7. The second-order valence-electron chi connectivity index (χ2n) is 3.45. The molecular weight excluding hydrogens is 219 g/mol. The summed E-state index contributed by atoms with van der Waals surface area (Å²) in [6, 6.07) is 0. The molecule has 0 aromatic heterocycles. The van der Waals surface area contributed by atoms with Gasteiger partial charge >= 0.3 is 6.18 Å². The van der Waals surface area contributed by atoms with Crippen molar-refractivity contribution in [2.75, 3.05) is 6.54 Å². The molecule has 2 nitrogen and oxygen atoms in total. The van der Waals surface area contributed by atoms with Crippen LogP contribution in [0, 0.1) is 5.92 Å². The van der Waals surface area contributed by atoms with Gasteiger partial charge in [0.1, 0.15) is 6.42 Å². The van der Waals surface area contributed by atoms with Gasteiger partial charge in [-0.25, -0.2) is 0 Å². The second-order valence-corrected chi connectivity index (χ2v) is 4.01. The van der Waals surface area contributed by atoms with Crippen LogP contribution < -0.4 is 5.32 Å². The van der Waals surface area contributed by atoms with Gasteiger partial charge in [-0.15, -0.1) is 11.6 Å². The van der Waals surface area contributed by atoms with E-state index >= 15 is 0 Å². The third-order valence-corrected chi connectivity index (χ3v) is 2.50. The molecule has 0 spiro atoms. The third kappa shape index (κ3) is 4.69. The number of rotatable bonds is 4. The summed E-state index contributed by atoms with van der Waals surface area (Å²) in [6.45, 7) is 0.126. The fourth-order valence-corrected chi connectivity index (χ4v) is 1.41. The predicted octanol–water partition coefficient (Wildman–Crippen LogP) is 2.07. The van der Waals surface area contributed by atoms with Gasteiger partial charge in [-0.1, -0.05) is 0 Å². The van der Waals surface area contributed by atoms with Crippen molar-refractivity contribution in [2.24, 2.45) is 5.92 Å². The Morgan fingerprint density at radius 2 is 2.07 bits per heavy atom. The van der Waals surface area contributed by atoms with E-state index in [1.54, 1.807) is 0 Å². The smallest absolute Gasteiger partial charge is 0.354 e. The number of alkyl halides is 4. The van der Waals surface area contributed by atoms with E-state index in [0.29, 0.717) is 5.92 Å². The molecule has 1 aliphatic rings. The molecule has 1 unspecified atom stereocenters. The van der Waals surface area contributed by atoms with E-state index < -0.39 is 18.5 Å². The molecule has 0 aromatic rings. The molecule has 1 fully saturated rings. The van der Waals surface area contributed by atoms with E-state index in [1.807, 2.05) is 0 Å². The highest BCUT2D eigenvalue weighted by Gasteiger charge is 2.33. The van der Waals surface area contributed by atoms with Gasteiger partial charge in [0.2, 0.25) is 5.91 Å². The normalized spacial score (nSPS) is 19.1. The molecule has 1 rings (SSSR count). The van der Waals surface area contributed by atoms with E-state index in [2.05, 4.69) is 5.32 Å². The Morgan fingerprint density at radius 3 is 2.50 bits per heavy atom. The van der Waals surface area contributed by atoms with Crippen LogP contribution in [0.1, 0.15) is 19.3 Å². The van der Waals surface area contributed by atoms with Crippen LogP contribution in [0.3, 0.4) is 0 Å². The summed E-state index contributed by atoms with van der Waals surface area (Å²) >= 11 is 5.80. The van der Waals surface area contributed by atoms with Gasteiger partial charge in [-0.05, 0) is 18.8 Å². The molecule has 0 aliphatic heterocycles. The molecule has 82 valence electrons. The zero-order valence-corrected chi connectivity index (χ0v) is 8.16. The monoisotopic (exact) mass is 229 g/mol. The summed E-state index contributed by atoms with van der Waals surface area (Å²) in [5, 5.41) is 1.94. The predicted molar refractivity (Wildman–Crippen MR) is 46.0 cm³/mol. The minimum atomic E-state index is -4.44. The maximum Gasteiger partial charge on any atom is 0.397 e. The molecule has 0 radical (unpaired) electrons. The number of halogens is 4. The third-order valence-electron chi connectivity index (χ3n) is 1.99. The minimum Gasteiger partial charge on any atom is -0.354 e. The molecule has 0 heterocycles. The van der Waals surface area contributed by atoms with Crippen LogP contribution in [0.15, 0.2) is 0 Å². The maximum atomic E-state index is 11.7. The standard InChI is InChI=1S/C8H11ClF3NO/c9-6(5-1-2-5)4-13-7(14)3-8(10,11)12/h5-6H,1-4H2,(H,13,14). The SMILES string of the molecule is O=C(CC(F)(F)F)NCC(Cl)C1CC1. The summed E-state index contributed by atoms with van der Waals surface area (Å²) < 4.78 is 35.1. The summed E-state index contributed by atoms with van der Waals surface area (Å²) in [4.78, 5) is 10.7. The Balaban J connectivity index is 2.14. The van der Waals surface area contributed by atoms with Crippen LogP contribution in [0.2, 0.25) is 0 Å². The number of carbonyl (C=O) groups excluding carboxylic acids is 1. The summed E-state index contributed by atoms with van der Waals surface area (Å²) in [5.41, 5.74) is 0. The lowest BCUT2D eigenvalue weighted by molar-refractivity contribution is -0.153. The largest absolute Gasteiger partial charge is 0.397 e. The van der Waals surface area contributed by atoms with Crippen molar-refractivity contribution in [2.45, 2.75) is 30.8 Å². The summed E-state index contributed by atoms with van der Waals surface area (Å²) in [6.07, 6.45) is -3.86. The van der Waals surface area contributed by atoms with Crippen molar-refractivity contribution in [3.63, 3.8) is 0 Å². The highest BCUT2D eigenvalue weighted by atomic mass is 35.5. The molecule has 14 heavy (non-hydrogen) atoms. The molecule has 0 aromatic carbocycles. The Kier molecular flexibility index (Phi) is 3.64. The number of amides is 1. The van der Waals surface area contributed by atoms with Crippen molar-refractivity contribution < 1.29 is 18.0 Å². The van der Waals surface area contributed by atoms with Gasteiger partial charge < -0.3 is 5.32 Å². The Labute approximate surface area is 84.8 Å². The molecule has 1 atom stereocenters. The number of hydrogen-bond donors (Lipinski definition) is 1. The van der Waals surface area contributed by atoms with E-state index in [4.69, 9.17) is 11.6 Å². The van der Waals surface area contributed by atoms with Crippen LogP contribution in [0.25, 0.3) is 0 Å². The van der Waals surface area contributed by atoms with Crippen molar-refractivity contribution in [3.8, 4) is 0 Å². The van der Waals surface area contributed by atoms with Gasteiger partial charge in [0.05, 0.1) is 5.38 Å². The zero-order valence-electron chi connectivity index (χ0n) is 7.40. The first-order valence-electron chi connectivity index (χ1n) is 4.36. The average Bonchev–Trinajstić information content (AvgIpc) is 2.78. The van der Waals surface area contributed by atoms with Gasteiger partial charge in [0.25, 0.3) is 0 Å². The molecule has 1 saturated carbocycles. The molecule has 6 heteroatoms. The quantitative estimate of drug-likeness (QED) is 0.735. The zero-order chi connectivity index (χ0) is 10.8. The lowest BCUT2D eigenvalue weighted by Gasteiger charge is -2.10. The lowest BCUT2D eigenvalue weighted by Crippen LogP contribution is -2.33. The lowest BCUT2D eigenvalue weighted by atomic mass is 10.3. The van der Waals surface area contributed by atoms with Gasteiger partial charge in [0.15, 0.2) is 0 Å². The fourth-order valence-electron chi connectivity index (χ4n) is 1.08. The second kappa shape index (κ2) is 4.38. The van der Waals surface area contributed by atoms with E-state index in [9.17, 15) is 18.0 Å². The average molecular weight is 230 g/mol. The van der Waals surface area contributed by atoms with Crippen molar-refractivity contribution >= 4 is 17.5 Å². The summed E-state index contributed by atoms with van der Waals surface area (Å²) in [5.74, 6) is -0.647. The summed E-state index contributed by atoms with van der Waals surface area (Å²) in [7, 11) is 0. The van der Waals surface area contributed by atoms with Crippen molar-refractivity contribution in [1.82, 2.24) is 5.32 Å². The van der Waals surface area contributed by atoms with Gasteiger partial charge in [-0.3, -0.25) is 4.79 Å². The fraction of sp³-hybridized carbons (Fsp3) is 0.875.